The fourth-order valence-electron chi connectivity index (χ4n) is 2.45. The lowest BCUT2D eigenvalue weighted by Gasteiger charge is -2.08. The number of hydrogen-bond donors (Lipinski definition) is 1. The third kappa shape index (κ3) is 4.01. The van der Waals surface area contributed by atoms with Gasteiger partial charge in [-0.25, -0.2) is 4.79 Å². The van der Waals surface area contributed by atoms with E-state index in [2.05, 4.69) is 21.2 Å². The summed E-state index contributed by atoms with van der Waals surface area (Å²) in [5, 5.41) is 2.69. The summed E-state index contributed by atoms with van der Waals surface area (Å²) in [7, 11) is 0. The molecule has 5 nitrogen and oxygen atoms in total. The molecule has 0 saturated carbocycles. The van der Waals surface area contributed by atoms with E-state index in [0.29, 0.717) is 11.3 Å². The summed E-state index contributed by atoms with van der Waals surface area (Å²) in [6, 6.07) is 9.03. The van der Waals surface area contributed by atoms with Crippen molar-refractivity contribution in [3.63, 3.8) is 0 Å². The Morgan fingerprint density at radius 3 is 2.57 bits per heavy atom. The predicted octanol–water partition coefficient (Wildman–Crippen LogP) is 3.68. The predicted molar refractivity (Wildman–Crippen MR) is 92.6 cm³/mol. The average Bonchev–Trinajstić information content (AvgIpc) is 2.81. The Morgan fingerprint density at radius 2 is 1.96 bits per heavy atom. The molecule has 0 aliphatic heterocycles. The second-order valence-electron chi connectivity index (χ2n) is 5.13. The van der Waals surface area contributed by atoms with Gasteiger partial charge in [0.05, 0.1) is 11.3 Å². The van der Waals surface area contributed by atoms with Crippen LogP contribution in [-0.2, 0) is 16.1 Å². The Balaban J connectivity index is 1.97. The number of hydrogen-bond acceptors (Lipinski definition) is 3. The van der Waals surface area contributed by atoms with Crippen molar-refractivity contribution in [2.75, 3.05) is 11.9 Å². The minimum atomic E-state index is -0.486. The molecular formula is C17H19BrN2O3. The molecule has 0 aliphatic rings. The Hall–Kier alpha value is -2.08. The highest BCUT2D eigenvalue weighted by Crippen LogP contribution is 2.21. The number of anilines is 1. The number of benzene rings is 1. The minimum absolute atomic E-state index is 0.323. The fraction of sp³-hybridized carbons (Fsp3) is 0.294. The molecule has 2 aromatic rings. The van der Waals surface area contributed by atoms with Crippen molar-refractivity contribution in [1.29, 1.82) is 0 Å². The number of nitrogens with zero attached hydrogens (tertiary/aromatic N) is 1. The van der Waals surface area contributed by atoms with E-state index in [1.54, 1.807) is 12.1 Å². The number of esters is 1. The summed E-state index contributed by atoms with van der Waals surface area (Å²) in [4.78, 5) is 24.0. The molecular weight excluding hydrogens is 360 g/mol. The average molecular weight is 379 g/mol. The van der Waals surface area contributed by atoms with E-state index < -0.39 is 5.97 Å². The molecule has 1 aromatic carbocycles. The molecule has 6 heteroatoms. The first-order chi connectivity index (χ1) is 10.9. The smallest absolute Gasteiger partial charge is 0.340 e. The van der Waals surface area contributed by atoms with Gasteiger partial charge in [-0.1, -0.05) is 12.1 Å². The highest BCUT2D eigenvalue weighted by molar-refractivity contribution is 9.10. The molecule has 0 bridgehead atoms. The molecule has 1 N–H and O–H groups in total. The molecule has 0 atom stereocenters. The van der Waals surface area contributed by atoms with Crippen LogP contribution in [0.1, 0.15) is 28.7 Å². The van der Waals surface area contributed by atoms with E-state index in [0.717, 1.165) is 22.4 Å². The zero-order valence-electron chi connectivity index (χ0n) is 13.4. The van der Waals surface area contributed by atoms with Gasteiger partial charge in [0.15, 0.2) is 6.61 Å². The van der Waals surface area contributed by atoms with Crippen molar-refractivity contribution in [3.05, 3.63) is 51.8 Å². The normalized spacial score (nSPS) is 10.4. The van der Waals surface area contributed by atoms with Crippen molar-refractivity contribution in [2.24, 2.45) is 0 Å². The third-order valence-corrected chi connectivity index (χ3v) is 4.28. The molecule has 0 saturated heterocycles. The molecule has 0 aliphatic carbocycles. The Labute approximate surface area is 143 Å². The zero-order chi connectivity index (χ0) is 17.0. The lowest BCUT2D eigenvalue weighted by Crippen LogP contribution is -2.21. The van der Waals surface area contributed by atoms with Crippen LogP contribution >= 0.6 is 15.9 Å². The summed E-state index contributed by atoms with van der Waals surface area (Å²) in [5.74, 6) is -0.866. The summed E-state index contributed by atoms with van der Waals surface area (Å²) in [6.07, 6.45) is 0. The number of ether oxygens (including phenoxy) is 1. The van der Waals surface area contributed by atoms with Gasteiger partial charge in [0.25, 0.3) is 5.91 Å². The van der Waals surface area contributed by atoms with E-state index in [4.69, 9.17) is 4.74 Å². The largest absolute Gasteiger partial charge is 0.452 e. The van der Waals surface area contributed by atoms with Gasteiger partial charge in [-0.3, -0.25) is 4.79 Å². The molecule has 2 rings (SSSR count). The van der Waals surface area contributed by atoms with Gasteiger partial charge < -0.3 is 14.6 Å². The number of halogens is 1. The Morgan fingerprint density at radius 1 is 1.26 bits per heavy atom. The molecule has 0 fully saturated rings. The number of nitrogens with one attached hydrogen (secondary N) is 1. The molecule has 0 unspecified atom stereocenters. The second kappa shape index (κ2) is 7.46. The number of carbonyl (C=O) groups is 2. The van der Waals surface area contributed by atoms with E-state index in [9.17, 15) is 9.59 Å². The number of rotatable bonds is 5. The van der Waals surface area contributed by atoms with Crippen LogP contribution in [0.3, 0.4) is 0 Å². The van der Waals surface area contributed by atoms with Crippen LogP contribution in [0.25, 0.3) is 0 Å². The molecule has 0 spiro atoms. The first-order valence-electron chi connectivity index (χ1n) is 7.32. The van der Waals surface area contributed by atoms with E-state index in [-0.39, 0.29) is 12.5 Å². The minimum Gasteiger partial charge on any atom is -0.452 e. The van der Waals surface area contributed by atoms with Crippen LogP contribution < -0.4 is 5.32 Å². The number of para-hydroxylation sites is 1. The van der Waals surface area contributed by atoms with Crippen LogP contribution in [0.2, 0.25) is 0 Å². The SMILES string of the molecule is CCn1c(C)cc(C(=O)OCC(=O)Nc2ccccc2Br)c1C. The van der Waals surface area contributed by atoms with Gasteiger partial charge in [0.1, 0.15) is 0 Å². The number of aromatic nitrogens is 1. The molecule has 1 aromatic heterocycles. The van der Waals surface area contributed by atoms with Crippen molar-refractivity contribution in [2.45, 2.75) is 27.3 Å². The maximum atomic E-state index is 12.1. The number of carbonyl (C=O) groups excluding carboxylic acids is 2. The summed E-state index contributed by atoms with van der Waals surface area (Å²) >= 11 is 3.34. The van der Waals surface area contributed by atoms with Gasteiger partial charge >= 0.3 is 5.97 Å². The highest BCUT2D eigenvalue weighted by Gasteiger charge is 2.17. The van der Waals surface area contributed by atoms with Crippen LogP contribution in [0, 0.1) is 13.8 Å². The lowest BCUT2D eigenvalue weighted by molar-refractivity contribution is -0.119. The lowest BCUT2D eigenvalue weighted by atomic mass is 10.2. The van der Waals surface area contributed by atoms with E-state index in [1.165, 1.54) is 0 Å². The van der Waals surface area contributed by atoms with Gasteiger partial charge in [-0.05, 0) is 54.9 Å². The monoisotopic (exact) mass is 378 g/mol. The van der Waals surface area contributed by atoms with Crippen LogP contribution in [-0.4, -0.2) is 23.1 Å². The van der Waals surface area contributed by atoms with Gasteiger partial charge in [-0.2, -0.15) is 0 Å². The first kappa shape index (κ1) is 17.3. The highest BCUT2D eigenvalue weighted by atomic mass is 79.9. The maximum absolute atomic E-state index is 12.1. The summed E-state index contributed by atoms with van der Waals surface area (Å²) in [6.45, 7) is 6.28. The zero-order valence-corrected chi connectivity index (χ0v) is 14.9. The maximum Gasteiger partial charge on any atom is 0.340 e. The van der Waals surface area contributed by atoms with Gasteiger partial charge in [0, 0.05) is 22.4 Å². The van der Waals surface area contributed by atoms with Crippen LogP contribution in [0.15, 0.2) is 34.8 Å². The molecule has 0 radical (unpaired) electrons. The van der Waals surface area contributed by atoms with Crippen LogP contribution in [0.4, 0.5) is 5.69 Å². The van der Waals surface area contributed by atoms with Crippen molar-refractivity contribution in [3.8, 4) is 0 Å². The number of amides is 1. The molecule has 1 amide bonds. The van der Waals surface area contributed by atoms with Gasteiger partial charge in [-0.15, -0.1) is 0 Å². The van der Waals surface area contributed by atoms with Crippen molar-refractivity contribution < 1.29 is 14.3 Å². The fourth-order valence-corrected chi connectivity index (χ4v) is 2.84. The standard InChI is InChI=1S/C17H19BrN2O3/c1-4-20-11(2)9-13(12(20)3)17(22)23-10-16(21)19-15-8-6-5-7-14(15)18/h5-9H,4,10H2,1-3H3,(H,19,21). The summed E-state index contributed by atoms with van der Waals surface area (Å²) in [5.41, 5.74) is 2.98. The van der Waals surface area contributed by atoms with E-state index in [1.807, 2.05) is 43.5 Å². The van der Waals surface area contributed by atoms with Gasteiger partial charge in [0.2, 0.25) is 0 Å². The number of aryl methyl sites for hydroxylation is 1. The topological polar surface area (TPSA) is 60.3 Å². The Bertz CT molecular complexity index is 737. The van der Waals surface area contributed by atoms with Crippen LogP contribution in [0.5, 0.6) is 0 Å². The quantitative estimate of drug-likeness (QED) is 0.807. The Kier molecular flexibility index (Phi) is 5.60. The van der Waals surface area contributed by atoms with Crippen molar-refractivity contribution >= 4 is 33.5 Å². The first-order valence-corrected chi connectivity index (χ1v) is 8.11. The van der Waals surface area contributed by atoms with Crippen molar-refractivity contribution in [1.82, 2.24) is 4.57 Å². The summed E-state index contributed by atoms with van der Waals surface area (Å²) < 4.78 is 7.91. The second-order valence-corrected chi connectivity index (χ2v) is 5.99. The molecule has 23 heavy (non-hydrogen) atoms. The van der Waals surface area contributed by atoms with E-state index >= 15 is 0 Å². The molecule has 122 valence electrons. The third-order valence-electron chi connectivity index (χ3n) is 3.59. The molecule has 1 heterocycles.